The lowest BCUT2D eigenvalue weighted by Crippen LogP contribution is -2.28. The molecule has 2 N–H and O–H groups in total. The minimum atomic E-state index is -0.217. The maximum absolute atomic E-state index is 12.6. The third kappa shape index (κ3) is 5.47. The summed E-state index contributed by atoms with van der Waals surface area (Å²) in [5.74, 6) is 0.391. The number of carbonyl (C=O) groups is 2. The normalized spacial score (nSPS) is 13.9. The number of nitrogens with one attached hydrogen (secondary N) is 2. The van der Waals surface area contributed by atoms with Crippen molar-refractivity contribution in [2.75, 3.05) is 18.5 Å². The van der Waals surface area contributed by atoms with E-state index >= 15 is 0 Å². The Balaban J connectivity index is 1.16. The van der Waals surface area contributed by atoms with Gasteiger partial charge in [-0.15, -0.1) is 0 Å². The van der Waals surface area contributed by atoms with E-state index in [9.17, 15) is 9.59 Å². The Labute approximate surface area is 202 Å². The molecule has 0 bridgehead atoms. The van der Waals surface area contributed by atoms with Crippen LogP contribution >= 0.6 is 0 Å². The molecule has 0 spiro atoms. The van der Waals surface area contributed by atoms with Gasteiger partial charge in [0.1, 0.15) is 5.69 Å². The Morgan fingerprint density at radius 2 is 1.80 bits per heavy atom. The van der Waals surface area contributed by atoms with Gasteiger partial charge < -0.3 is 19.9 Å². The van der Waals surface area contributed by atoms with Gasteiger partial charge in [-0.2, -0.15) is 5.10 Å². The van der Waals surface area contributed by atoms with Gasteiger partial charge in [-0.3, -0.25) is 9.59 Å². The predicted molar refractivity (Wildman–Crippen MR) is 129 cm³/mol. The number of hydrogen-bond donors (Lipinski definition) is 2. The monoisotopic (exact) mass is 471 g/mol. The van der Waals surface area contributed by atoms with Crippen LogP contribution < -0.4 is 10.6 Å². The summed E-state index contributed by atoms with van der Waals surface area (Å²) in [6.07, 6.45) is 4.82. The van der Waals surface area contributed by atoms with E-state index in [2.05, 4.69) is 20.9 Å². The number of carbonyl (C=O) groups excluding carboxylic acids is 2. The summed E-state index contributed by atoms with van der Waals surface area (Å²) in [6.45, 7) is 1.49. The lowest BCUT2D eigenvalue weighted by atomic mass is 9.99. The van der Waals surface area contributed by atoms with E-state index in [0.29, 0.717) is 35.9 Å². The standard InChI is InChI=1S/C26H25N5O4/c32-25(27-15-21-14-24(35-30-21)18-4-2-1-3-5-18)19-6-8-23(9-7-19)31-17-22(16-28-31)29-26(33)20-10-12-34-13-11-20/h1-9,14,16-17,20H,10-13,15H2,(H,27,32)(H,29,33). The van der Waals surface area contributed by atoms with Crippen molar-refractivity contribution in [2.24, 2.45) is 5.92 Å². The highest BCUT2D eigenvalue weighted by atomic mass is 16.5. The molecule has 1 fully saturated rings. The highest BCUT2D eigenvalue weighted by Crippen LogP contribution is 2.20. The molecule has 4 aromatic rings. The van der Waals surface area contributed by atoms with Crippen molar-refractivity contribution in [1.82, 2.24) is 20.3 Å². The second-order valence-corrected chi connectivity index (χ2v) is 8.33. The third-order valence-corrected chi connectivity index (χ3v) is 5.88. The summed E-state index contributed by atoms with van der Waals surface area (Å²) in [6, 6.07) is 18.5. The van der Waals surface area contributed by atoms with Gasteiger partial charge in [0, 0.05) is 36.3 Å². The van der Waals surface area contributed by atoms with Gasteiger partial charge in [-0.1, -0.05) is 35.5 Å². The number of ether oxygens (including phenoxy) is 1. The zero-order chi connectivity index (χ0) is 24.0. The van der Waals surface area contributed by atoms with Crippen LogP contribution in [0, 0.1) is 5.92 Å². The quantitative estimate of drug-likeness (QED) is 0.424. The van der Waals surface area contributed by atoms with Crippen LogP contribution in [-0.2, 0) is 16.1 Å². The van der Waals surface area contributed by atoms with Crippen LogP contribution in [0.5, 0.6) is 0 Å². The molecule has 178 valence electrons. The first kappa shape index (κ1) is 22.5. The summed E-state index contributed by atoms with van der Waals surface area (Å²) in [7, 11) is 0. The Hall–Kier alpha value is -4.24. The first-order chi connectivity index (χ1) is 17.2. The topological polar surface area (TPSA) is 111 Å². The van der Waals surface area contributed by atoms with E-state index in [1.54, 1.807) is 41.3 Å². The van der Waals surface area contributed by atoms with Gasteiger partial charge >= 0.3 is 0 Å². The molecule has 0 unspecified atom stereocenters. The first-order valence-electron chi connectivity index (χ1n) is 11.5. The molecule has 35 heavy (non-hydrogen) atoms. The molecule has 1 saturated heterocycles. The number of rotatable bonds is 7. The maximum atomic E-state index is 12.6. The van der Waals surface area contributed by atoms with E-state index in [-0.39, 0.29) is 24.3 Å². The van der Waals surface area contributed by atoms with Gasteiger partial charge in [-0.05, 0) is 37.1 Å². The van der Waals surface area contributed by atoms with Crippen molar-refractivity contribution in [3.63, 3.8) is 0 Å². The van der Waals surface area contributed by atoms with Gasteiger partial charge in [0.2, 0.25) is 5.91 Å². The maximum Gasteiger partial charge on any atom is 0.251 e. The number of benzene rings is 2. The summed E-state index contributed by atoms with van der Waals surface area (Å²) in [5, 5.41) is 14.1. The van der Waals surface area contributed by atoms with E-state index in [4.69, 9.17) is 9.26 Å². The lowest BCUT2D eigenvalue weighted by molar-refractivity contribution is -0.122. The van der Waals surface area contributed by atoms with Crippen molar-refractivity contribution in [3.05, 3.63) is 84.3 Å². The number of amides is 2. The van der Waals surface area contributed by atoms with Crippen LogP contribution in [0.15, 0.2) is 77.6 Å². The fourth-order valence-corrected chi connectivity index (χ4v) is 3.90. The Morgan fingerprint density at radius 3 is 2.57 bits per heavy atom. The van der Waals surface area contributed by atoms with Gasteiger partial charge in [0.15, 0.2) is 5.76 Å². The molecule has 2 aromatic carbocycles. The molecular formula is C26H25N5O4. The zero-order valence-corrected chi connectivity index (χ0v) is 19.0. The predicted octanol–water partition coefficient (Wildman–Crippen LogP) is 3.82. The zero-order valence-electron chi connectivity index (χ0n) is 19.0. The van der Waals surface area contributed by atoms with Gasteiger partial charge in [0.25, 0.3) is 5.91 Å². The molecule has 1 aliphatic heterocycles. The van der Waals surface area contributed by atoms with Crippen molar-refractivity contribution in [3.8, 4) is 17.0 Å². The molecule has 2 amide bonds. The SMILES string of the molecule is O=C(NCc1cc(-c2ccccc2)on1)c1ccc(-n2cc(NC(=O)C3CCOCC3)cn2)cc1. The Morgan fingerprint density at radius 1 is 1.03 bits per heavy atom. The summed E-state index contributed by atoms with van der Waals surface area (Å²) >= 11 is 0. The highest BCUT2D eigenvalue weighted by molar-refractivity contribution is 5.94. The van der Waals surface area contributed by atoms with Gasteiger partial charge in [0.05, 0.1) is 30.3 Å². The fraction of sp³-hybridized carbons (Fsp3) is 0.231. The van der Waals surface area contributed by atoms with Crippen LogP contribution in [0.2, 0.25) is 0 Å². The summed E-state index contributed by atoms with van der Waals surface area (Å²) in [5.41, 5.74) is 3.49. The van der Waals surface area contributed by atoms with Crippen molar-refractivity contribution in [1.29, 1.82) is 0 Å². The molecular weight excluding hydrogens is 446 g/mol. The molecule has 0 radical (unpaired) electrons. The molecule has 9 nitrogen and oxygen atoms in total. The Bertz CT molecular complexity index is 1290. The molecule has 2 aromatic heterocycles. The van der Waals surface area contributed by atoms with E-state index in [1.807, 2.05) is 36.4 Å². The molecule has 3 heterocycles. The van der Waals surface area contributed by atoms with Crippen molar-refractivity contribution < 1.29 is 18.8 Å². The Kier molecular flexibility index (Phi) is 6.67. The number of hydrogen-bond acceptors (Lipinski definition) is 6. The molecule has 1 aliphatic rings. The van der Waals surface area contributed by atoms with Crippen LogP contribution in [0.3, 0.4) is 0 Å². The van der Waals surface area contributed by atoms with E-state index in [1.165, 1.54) is 0 Å². The molecule has 0 aliphatic carbocycles. The minimum absolute atomic E-state index is 0.0112. The van der Waals surface area contributed by atoms with E-state index < -0.39 is 0 Å². The van der Waals surface area contributed by atoms with Crippen molar-refractivity contribution >= 4 is 17.5 Å². The minimum Gasteiger partial charge on any atom is -0.381 e. The fourth-order valence-electron chi connectivity index (χ4n) is 3.90. The van der Waals surface area contributed by atoms with E-state index in [0.717, 1.165) is 24.1 Å². The summed E-state index contributed by atoms with van der Waals surface area (Å²) in [4.78, 5) is 25.0. The average Bonchev–Trinajstić information content (AvgIpc) is 3.58. The van der Waals surface area contributed by atoms with Gasteiger partial charge in [-0.25, -0.2) is 4.68 Å². The molecule has 0 atom stereocenters. The smallest absolute Gasteiger partial charge is 0.251 e. The highest BCUT2D eigenvalue weighted by Gasteiger charge is 2.22. The molecule has 0 saturated carbocycles. The average molecular weight is 472 g/mol. The van der Waals surface area contributed by atoms with Crippen molar-refractivity contribution in [2.45, 2.75) is 19.4 Å². The van der Waals surface area contributed by atoms with Crippen LogP contribution in [0.1, 0.15) is 28.9 Å². The number of anilines is 1. The number of nitrogens with zero attached hydrogens (tertiary/aromatic N) is 3. The van der Waals surface area contributed by atoms with Crippen LogP contribution in [-0.4, -0.2) is 40.0 Å². The largest absolute Gasteiger partial charge is 0.381 e. The second kappa shape index (κ2) is 10.4. The lowest BCUT2D eigenvalue weighted by Gasteiger charge is -2.20. The van der Waals surface area contributed by atoms with Crippen LogP contribution in [0.4, 0.5) is 5.69 Å². The molecule has 5 rings (SSSR count). The second-order valence-electron chi connectivity index (χ2n) is 8.33. The third-order valence-electron chi connectivity index (χ3n) is 5.88. The number of aromatic nitrogens is 3. The molecule has 9 heteroatoms. The first-order valence-corrected chi connectivity index (χ1v) is 11.5. The van der Waals surface area contributed by atoms with Crippen LogP contribution in [0.25, 0.3) is 17.0 Å². The summed E-state index contributed by atoms with van der Waals surface area (Å²) < 4.78 is 12.3.